The van der Waals surface area contributed by atoms with Crippen molar-refractivity contribution >= 4 is 29.1 Å². The Morgan fingerprint density at radius 3 is 2.60 bits per heavy atom. The van der Waals surface area contributed by atoms with Crippen molar-refractivity contribution in [2.24, 2.45) is 0 Å². The van der Waals surface area contributed by atoms with E-state index in [1.807, 2.05) is 13.0 Å². The van der Waals surface area contributed by atoms with E-state index in [2.05, 4.69) is 5.16 Å². The van der Waals surface area contributed by atoms with Crippen LogP contribution in [0.3, 0.4) is 0 Å². The van der Waals surface area contributed by atoms with E-state index >= 15 is 0 Å². The van der Waals surface area contributed by atoms with Gasteiger partial charge in [0.05, 0.1) is 6.04 Å². The van der Waals surface area contributed by atoms with Crippen LogP contribution in [0.2, 0.25) is 10.0 Å². The van der Waals surface area contributed by atoms with E-state index in [4.69, 9.17) is 27.7 Å². The highest BCUT2D eigenvalue weighted by Crippen LogP contribution is 2.29. The number of rotatable bonds is 3. The van der Waals surface area contributed by atoms with Gasteiger partial charge in [0.1, 0.15) is 5.76 Å². The number of nitrogens with zero attached hydrogens (tertiary/aromatic N) is 2. The van der Waals surface area contributed by atoms with Crippen LogP contribution in [-0.4, -0.2) is 23.0 Å². The Morgan fingerprint density at radius 2 is 2.05 bits per heavy atom. The van der Waals surface area contributed by atoms with Crippen molar-refractivity contribution in [1.29, 1.82) is 0 Å². The fourth-order valence-corrected chi connectivity index (χ4v) is 2.44. The Labute approximate surface area is 127 Å². The first kappa shape index (κ1) is 14.9. The molecule has 0 radical (unpaired) electrons. The maximum absolute atomic E-state index is 12.3. The highest BCUT2D eigenvalue weighted by Gasteiger charge is 2.23. The zero-order valence-electron chi connectivity index (χ0n) is 11.4. The van der Waals surface area contributed by atoms with Crippen LogP contribution in [0.5, 0.6) is 0 Å². The average Bonchev–Trinajstić information content (AvgIpc) is 2.83. The van der Waals surface area contributed by atoms with Gasteiger partial charge in [-0.15, -0.1) is 0 Å². The van der Waals surface area contributed by atoms with Crippen LogP contribution in [0, 0.1) is 6.92 Å². The minimum atomic E-state index is -0.222. The van der Waals surface area contributed by atoms with Crippen LogP contribution in [0.4, 0.5) is 0 Å². The van der Waals surface area contributed by atoms with E-state index in [0.717, 1.165) is 5.56 Å². The lowest BCUT2D eigenvalue weighted by Gasteiger charge is -2.25. The number of carbonyl (C=O) groups is 1. The summed E-state index contributed by atoms with van der Waals surface area (Å²) < 4.78 is 4.92. The van der Waals surface area contributed by atoms with Crippen LogP contribution in [-0.2, 0) is 0 Å². The third-order valence-corrected chi connectivity index (χ3v) is 3.72. The van der Waals surface area contributed by atoms with Gasteiger partial charge in [0, 0.05) is 23.2 Å². The summed E-state index contributed by atoms with van der Waals surface area (Å²) in [5, 5.41) is 4.82. The molecule has 0 aliphatic heterocycles. The monoisotopic (exact) mass is 312 g/mol. The number of halogens is 2. The normalized spacial score (nSPS) is 12.2. The van der Waals surface area contributed by atoms with Crippen molar-refractivity contribution in [3.05, 3.63) is 51.3 Å². The molecule has 0 spiro atoms. The average molecular weight is 313 g/mol. The number of amides is 1. The highest BCUT2D eigenvalue weighted by atomic mass is 35.5. The van der Waals surface area contributed by atoms with Gasteiger partial charge < -0.3 is 9.42 Å². The van der Waals surface area contributed by atoms with Gasteiger partial charge in [-0.25, -0.2) is 0 Å². The van der Waals surface area contributed by atoms with Gasteiger partial charge in [-0.05, 0) is 31.5 Å². The maximum atomic E-state index is 12.3. The summed E-state index contributed by atoms with van der Waals surface area (Å²) in [7, 11) is 1.70. The quantitative estimate of drug-likeness (QED) is 0.856. The number of carbonyl (C=O) groups excluding carboxylic acids is 1. The zero-order chi connectivity index (χ0) is 14.9. The van der Waals surface area contributed by atoms with Crippen LogP contribution in [0.15, 0.2) is 28.8 Å². The number of benzene rings is 1. The molecular formula is C14H14Cl2N2O2. The van der Waals surface area contributed by atoms with Gasteiger partial charge in [0.2, 0.25) is 0 Å². The summed E-state index contributed by atoms with van der Waals surface area (Å²) in [4.78, 5) is 13.8. The van der Waals surface area contributed by atoms with E-state index in [1.54, 1.807) is 37.1 Å². The molecule has 0 saturated carbocycles. The second kappa shape index (κ2) is 5.85. The number of aryl methyl sites for hydroxylation is 1. The number of hydrogen-bond acceptors (Lipinski definition) is 3. The van der Waals surface area contributed by atoms with Crippen LogP contribution in [0.25, 0.3) is 0 Å². The molecule has 1 aromatic heterocycles. The van der Waals surface area contributed by atoms with Gasteiger partial charge in [0.25, 0.3) is 5.91 Å². The second-order valence-electron chi connectivity index (χ2n) is 4.58. The Bertz CT molecular complexity index is 640. The molecule has 0 N–H and O–H groups in total. The first-order chi connectivity index (χ1) is 9.40. The third kappa shape index (κ3) is 2.97. The minimum Gasteiger partial charge on any atom is -0.361 e. The highest BCUT2D eigenvalue weighted by molar-refractivity contribution is 6.35. The van der Waals surface area contributed by atoms with E-state index in [1.165, 1.54) is 0 Å². The molecule has 0 aliphatic carbocycles. The molecule has 20 heavy (non-hydrogen) atoms. The van der Waals surface area contributed by atoms with Crippen molar-refractivity contribution in [2.75, 3.05) is 7.05 Å². The number of aromatic nitrogens is 1. The van der Waals surface area contributed by atoms with E-state index in [9.17, 15) is 4.79 Å². The summed E-state index contributed by atoms with van der Waals surface area (Å²) in [6.45, 7) is 3.63. The molecule has 6 heteroatoms. The second-order valence-corrected chi connectivity index (χ2v) is 5.42. The molecule has 2 rings (SSSR count). The van der Waals surface area contributed by atoms with Crippen molar-refractivity contribution in [3.63, 3.8) is 0 Å². The fraction of sp³-hybridized carbons (Fsp3) is 0.286. The maximum Gasteiger partial charge on any atom is 0.276 e. The van der Waals surface area contributed by atoms with Gasteiger partial charge >= 0.3 is 0 Å². The van der Waals surface area contributed by atoms with Crippen LogP contribution < -0.4 is 0 Å². The van der Waals surface area contributed by atoms with Crippen LogP contribution in [0.1, 0.15) is 34.8 Å². The minimum absolute atomic E-state index is 0.204. The molecular weight excluding hydrogens is 299 g/mol. The Hall–Kier alpha value is -1.52. The Kier molecular flexibility index (Phi) is 4.35. The molecule has 1 amide bonds. The van der Waals surface area contributed by atoms with Crippen molar-refractivity contribution in [2.45, 2.75) is 19.9 Å². The molecule has 0 bridgehead atoms. The van der Waals surface area contributed by atoms with E-state index in [0.29, 0.717) is 15.8 Å². The topological polar surface area (TPSA) is 46.3 Å². The van der Waals surface area contributed by atoms with Crippen molar-refractivity contribution < 1.29 is 9.32 Å². The fourth-order valence-electron chi connectivity index (χ4n) is 1.87. The molecule has 1 atom stereocenters. The largest absolute Gasteiger partial charge is 0.361 e. The van der Waals surface area contributed by atoms with Gasteiger partial charge in [-0.3, -0.25) is 4.79 Å². The molecule has 106 valence electrons. The first-order valence-corrected chi connectivity index (χ1v) is 6.81. The predicted octanol–water partition coefficient (Wildman–Crippen LogP) is 4.12. The molecule has 0 fully saturated rings. The van der Waals surface area contributed by atoms with Gasteiger partial charge in [-0.2, -0.15) is 0 Å². The smallest absolute Gasteiger partial charge is 0.276 e. The summed E-state index contributed by atoms with van der Waals surface area (Å²) >= 11 is 12.0. The van der Waals surface area contributed by atoms with E-state index in [-0.39, 0.29) is 17.6 Å². The lowest BCUT2D eigenvalue weighted by Crippen LogP contribution is -2.30. The molecule has 4 nitrogen and oxygen atoms in total. The summed E-state index contributed by atoms with van der Waals surface area (Å²) in [6.07, 6.45) is 0. The summed E-state index contributed by atoms with van der Waals surface area (Å²) in [6, 6.07) is 6.62. The summed E-state index contributed by atoms with van der Waals surface area (Å²) in [5.41, 5.74) is 1.11. The third-order valence-electron chi connectivity index (χ3n) is 3.16. The first-order valence-electron chi connectivity index (χ1n) is 6.05. The van der Waals surface area contributed by atoms with Gasteiger partial charge in [-0.1, -0.05) is 34.4 Å². The zero-order valence-corrected chi connectivity index (χ0v) is 12.9. The Balaban J connectivity index is 2.24. The molecule has 1 aromatic carbocycles. The lowest BCUT2D eigenvalue weighted by molar-refractivity contribution is 0.0732. The molecule has 1 heterocycles. The molecule has 0 aliphatic rings. The lowest BCUT2D eigenvalue weighted by atomic mass is 10.1. The summed E-state index contributed by atoms with van der Waals surface area (Å²) in [5.74, 6) is 0.374. The predicted molar refractivity (Wildman–Crippen MR) is 78.2 cm³/mol. The van der Waals surface area contributed by atoms with Crippen molar-refractivity contribution in [1.82, 2.24) is 10.1 Å². The molecule has 2 aromatic rings. The Morgan fingerprint density at radius 1 is 1.35 bits per heavy atom. The van der Waals surface area contributed by atoms with Crippen molar-refractivity contribution in [3.8, 4) is 0 Å². The number of hydrogen-bond donors (Lipinski definition) is 0. The molecule has 0 saturated heterocycles. The van der Waals surface area contributed by atoms with Gasteiger partial charge in [0.15, 0.2) is 5.69 Å². The van der Waals surface area contributed by atoms with Crippen LogP contribution >= 0.6 is 23.2 Å². The van der Waals surface area contributed by atoms with E-state index < -0.39 is 0 Å². The standard InChI is InChI=1S/C14H14Cl2N2O2/c1-8-6-13(17-20-8)14(19)18(3)9(2)11-5-4-10(15)7-12(11)16/h4-7,9H,1-3H3/t9-/m1/s1. The molecule has 0 unspecified atom stereocenters. The SMILES string of the molecule is Cc1cc(C(=O)N(C)[C@H](C)c2ccc(Cl)cc2Cl)no1.